The van der Waals surface area contributed by atoms with Crippen molar-refractivity contribution in [3.05, 3.63) is 24.0 Å². The summed E-state index contributed by atoms with van der Waals surface area (Å²) < 4.78 is 47.3. The fraction of sp³-hybridized carbons (Fsp3) is 0.286. The van der Waals surface area contributed by atoms with E-state index < -0.39 is 15.8 Å². The van der Waals surface area contributed by atoms with Crippen molar-refractivity contribution < 1.29 is 17.2 Å². The zero-order chi connectivity index (χ0) is 11.5. The number of rotatable bonds is 4. The number of nitrogens with two attached hydrogens (primary N) is 1. The van der Waals surface area contributed by atoms with E-state index in [1.165, 1.54) is 18.3 Å². The highest BCUT2D eigenvalue weighted by molar-refractivity contribution is 7.93. The number of sulfonamides is 1. The largest absolute Gasteiger partial charge is 0.355 e. The Balaban J connectivity index is 2.90. The molecular weight excluding hydrogens is 228 g/mol. The van der Waals surface area contributed by atoms with Gasteiger partial charge in [0.05, 0.1) is 11.4 Å². The zero-order valence-electron chi connectivity index (χ0n) is 7.52. The molecule has 0 saturated heterocycles. The minimum absolute atomic E-state index is 0.0192. The lowest BCUT2D eigenvalue weighted by molar-refractivity contribution is 0.236. The summed E-state index contributed by atoms with van der Waals surface area (Å²) in [4.78, 5) is 3.79. The van der Waals surface area contributed by atoms with Crippen LogP contribution < -0.4 is 10.5 Å². The van der Waals surface area contributed by atoms with Gasteiger partial charge in [0.1, 0.15) is 0 Å². The Morgan fingerprint density at radius 3 is 2.73 bits per heavy atom. The Bertz CT molecular complexity index is 436. The van der Waals surface area contributed by atoms with E-state index in [2.05, 4.69) is 4.98 Å². The molecule has 0 aliphatic carbocycles. The first kappa shape index (κ1) is 11.8. The Kier molecular flexibility index (Phi) is 3.53. The van der Waals surface area contributed by atoms with Gasteiger partial charge in [0.15, 0.2) is 0 Å². The quantitative estimate of drug-likeness (QED) is 0.798. The van der Waals surface area contributed by atoms with Crippen LogP contribution in [-0.2, 0) is 16.6 Å². The number of hydrogen-bond acceptors (Lipinski definition) is 4. The van der Waals surface area contributed by atoms with Crippen LogP contribution in [-0.4, -0.2) is 19.2 Å². The molecule has 5 nitrogen and oxygen atoms in total. The van der Waals surface area contributed by atoms with E-state index in [0.29, 0.717) is 5.69 Å². The predicted octanol–water partition coefficient (Wildman–Crippen LogP) is 0.505. The molecule has 3 N–H and O–H groups in total. The summed E-state index contributed by atoms with van der Waals surface area (Å²) in [6, 6.07) is 2.55. The van der Waals surface area contributed by atoms with Gasteiger partial charge in [-0.3, -0.25) is 9.71 Å². The molecule has 15 heavy (non-hydrogen) atoms. The van der Waals surface area contributed by atoms with E-state index >= 15 is 0 Å². The first-order chi connectivity index (χ1) is 6.95. The number of alkyl halides is 2. The highest BCUT2D eigenvalue weighted by Crippen LogP contribution is 2.13. The summed E-state index contributed by atoms with van der Waals surface area (Å²) in [5.41, 5.74) is 5.68. The van der Waals surface area contributed by atoms with Gasteiger partial charge in [0.25, 0.3) is 10.0 Å². The first-order valence-electron chi connectivity index (χ1n) is 3.90. The molecule has 0 radical (unpaired) electrons. The Labute approximate surface area is 85.4 Å². The number of nitrogens with zero attached hydrogens (tertiary/aromatic N) is 1. The van der Waals surface area contributed by atoms with E-state index in [0.717, 1.165) is 0 Å². The summed E-state index contributed by atoms with van der Waals surface area (Å²) in [5.74, 6) is -3.47. The molecule has 8 heteroatoms. The zero-order valence-corrected chi connectivity index (χ0v) is 8.34. The second-order valence-electron chi connectivity index (χ2n) is 2.65. The van der Waals surface area contributed by atoms with Crippen molar-refractivity contribution in [2.75, 3.05) is 4.72 Å². The maximum Gasteiger partial charge on any atom is 0.355 e. The molecule has 0 aromatic carbocycles. The summed E-state index contributed by atoms with van der Waals surface area (Å²) in [7, 11) is -4.63. The van der Waals surface area contributed by atoms with E-state index in [-0.39, 0.29) is 12.2 Å². The van der Waals surface area contributed by atoms with E-state index in [4.69, 9.17) is 5.73 Å². The van der Waals surface area contributed by atoms with Crippen LogP contribution in [0.5, 0.6) is 0 Å². The molecule has 0 aliphatic rings. The molecule has 1 heterocycles. The molecule has 1 aromatic rings. The van der Waals surface area contributed by atoms with Crippen LogP contribution in [0.3, 0.4) is 0 Å². The van der Waals surface area contributed by atoms with Gasteiger partial charge in [-0.15, -0.1) is 0 Å². The van der Waals surface area contributed by atoms with Crippen molar-refractivity contribution in [1.29, 1.82) is 0 Å². The Morgan fingerprint density at radius 2 is 2.20 bits per heavy atom. The first-order valence-corrected chi connectivity index (χ1v) is 5.45. The fourth-order valence-corrected chi connectivity index (χ4v) is 1.41. The van der Waals surface area contributed by atoms with Gasteiger partial charge in [-0.25, -0.2) is 8.42 Å². The maximum absolute atomic E-state index is 12.0. The average molecular weight is 237 g/mol. The second kappa shape index (κ2) is 4.49. The standard InChI is InChI=1S/C7H9F2N3O2S/c8-7(9)15(13,14)12-5-1-2-11-6(3-5)4-10/h1-3,7H,4,10H2,(H,11,12). The van der Waals surface area contributed by atoms with Crippen LogP contribution in [0.15, 0.2) is 18.3 Å². The number of aromatic nitrogens is 1. The molecule has 0 saturated carbocycles. The van der Waals surface area contributed by atoms with Crippen LogP contribution in [0, 0.1) is 0 Å². The lowest BCUT2D eigenvalue weighted by Gasteiger charge is -2.07. The van der Waals surface area contributed by atoms with Gasteiger partial charge >= 0.3 is 5.76 Å². The third kappa shape index (κ3) is 3.10. The smallest absolute Gasteiger partial charge is 0.325 e. The van der Waals surface area contributed by atoms with Gasteiger partial charge in [-0.1, -0.05) is 0 Å². The van der Waals surface area contributed by atoms with Crippen LogP contribution in [0.4, 0.5) is 14.5 Å². The van der Waals surface area contributed by atoms with E-state index in [1.807, 2.05) is 0 Å². The third-order valence-electron chi connectivity index (χ3n) is 1.52. The number of nitrogens with one attached hydrogen (secondary N) is 1. The van der Waals surface area contributed by atoms with Crippen LogP contribution in [0.1, 0.15) is 5.69 Å². The molecule has 0 aliphatic heterocycles. The highest BCUT2D eigenvalue weighted by atomic mass is 32.2. The monoisotopic (exact) mass is 237 g/mol. The molecule has 0 unspecified atom stereocenters. The van der Waals surface area contributed by atoms with Gasteiger partial charge in [-0.05, 0) is 12.1 Å². The number of hydrogen-bond donors (Lipinski definition) is 2. The summed E-state index contributed by atoms with van der Waals surface area (Å²) in [6.07, 6.45) is 1.28. The van der Waals surface area contributed by atoms with Crippen LogP contribution in [0.25, 0.3) is 0 Å². The predicted molar refractivity (Wildman–Crippen MR) is 50.7 cm³/mol. The molecule has 0 bridgehead atoms. The van der Waals surface area contributed by atoms with Crippen molar-refractivity contribution in [3.63, 3.8) is 0 Å². The fourth-order valence-electron chi connectivity index (χ4n) is 0.862. The van der Waals surface area contributed by atoms with Crippen molar-refractivity contribution in [3.8, 4) is 0 Å². The molecule has 0 atom stereocenters. The molecule has 0 fully saturated rings. The molecule has 0 spiro atoms. The lowest BCUT2D eigenvalue weighted by Crippen LogP contribution is -2.20. The van der Waals surface area contributed by atoms with E-state index in [1.54, 1.807) is 4.72 Å². The van der Waals surface area contributed by atoms with Crippen LogP contribution in [0.2, 0.25) is 0 Å². The summed E-state index contributed by atoms with van der Waals surface area (Å²) in [5, 5.41) is 0. The normalized spacial score (nSPS) is 11.7. The van der Waals surface area contributed by atoms with Gasteiger partial charge in [0.2, 0.25) is 0 Å². The lowest BCUT2D eigenvalue weighted by atomic mass is 10.3. The summed E-state index contributed by atoms with van der Waals surface area (Å²) in [6.45, 7) is 0.101. The van der Waals surface area contributed by atoms with Crippen molar-refractivity contribution >= 4 is 15.7 Å². The SMILES string of the molecule is NCc1cc(NS(=O)(=O)C(F)F)ccn1. The molecule has 1 aromatic heterocycles. The Morgan fingerprint density at radius 1 is 1.53 bits per heavy atom. The highest BCUT2D eigenvalue weighted by Gasteiger charge is 2.23. The topological polar surface area (TPSA) is 85.1 Å². The average Bonchev–Trinajstić information content (AvgIpc) is 2.17. The minimum Gasteiger partial charge on any atom is -0.325 e. The number of halogens is 2. The Hall–Kier alpha value is -1.28. The number of anilines is 1. The van der Waals surface area contributed by atoms with Gasteiger partial charge < -0.3 is 5.73 Å². The molecule has 0 amide bonds. The van der Waals surface area contributed by atoms with E-state index in [9.17, 15) is 17.2 Å². The van der Waals surface area contributed by atoms with Gasteiger partial charge in [0, 0.05) is 12.7 Å². The summed E-state index contributed by atoms with van der Waals surface area (Å²) >= 11 is 0. The van der Waals surface area contributed by atoms with Crippen molar-refractivity contribution in [2.45, 2.75) is 12.3 Å². The third-order valence-corrected chi connectivity index (χ3v) is 2.51. The molecular formula is C7H9F2N3O2S. The molecule has 84 valence electrons. The van der Waals surface area contributed by atoms with Crippen molar-refractivity contribution in [2.24, 2.45) is 5.73 Å². The van der Waals surface area contributed by atoms with Gasteiger partial charge in [-0.2, -0.15) is 8.78 Å². The maximum atomic E-state index is 12.0. The van der Waals surface area contributed by atoms with Crippen LogP contribution >= 0.6 is 0 Å². The van der Waals surface area contributed by atoms with Crippen molar-refractivity contribution in [1.82, 2.24) is 4.98 Å². The number of pyridine rings is 1. The minimum atomic E-state index is -4.63. The second-order valence-corrected chi connectivity index (χ2v) is 4.30. The molecule has 1 rings (SSSR count).